The van der Waals surface area contributed by atoms with Crippen molar-refractivity contribution in [1.82, 2.24) is 19.7 Å². The Morgan fingerprint density at radius 1 is 1.19 bits per heavy atom. The summed E-state index contributed by atoms with van der Waals surface area (Å²) in [6.45, 7) is 0.784. The van der Waals surface area contributed by atoms with Crippen LogP contribution in [0.2, 0.25) is 0 Å². The van der Waals surface area contributed by atoms with Crippen molar-refractivity contribution in [2.45, 2.75) is 6.42 Å². The summed E-state index contributed by atoms with van der Waals surface area (Å²) in [6, 6.07) is 6.59. The van der Waals surface area contributed by atoms with Crippen LogP contribution in [0.1, 0.15) is 5.56 Å². The second-order valence-electron chi connectivity index (χ2n) is 5.00. The molecule has 0 radical (unpaired) electrons. The molecule has 0 spiro atoms. The number of aryl methyl sites for hydroxylation is 1. The number of aromatic nitrogens is 4. The van der Waals surface area contributed by atoms with Gasteiger partial charge in [-0.15, -0.1) is 0 Å². The number of fused-ring (bicyclic) bond motifs is 1. The first kappa shape index (κ1) is 13.5. The molecule has 0 saturated carbocycles. The van der Waals surface area contributed by atoms with E-state index >= 15 is 0 Å². The van der Waals surface area contributed by atoms with E-state index in [0.717, 1.165) is 35.4 Å². The van der Waals surface area contributed by atoms with Gasteiger partial charge >= 0.3 is 0 Å². The molecule has 0 N–H and O–H groups in total. The van der Waals surface area contributed by atoms with Crippen molar-refractivity contribution >= 4 is 16.9 Å². The molecular formula is C15H16FN5. The maximum absolute atomic E-state index is 12.9. The largest absolute Gasteiger partial charge is 0.359 e. The Bertz CT molecular complexity index is 750. The van der Waals surface area contributed by atoms with Gasteiger partial charge in [-0.05, 0) is 24.1 Å². The zero-order chi connectivity index (χ0) is 14.8. The molecule has 0 aliphatic heterocycles. The molecule has 2 aromatic heterocycles. The van der Waals surface area contributed by atoms with Crippen molar-refractivity contribution in [1.29, 1.82) is 0 Å². The molecule has 3 aromatic rings. The van der Waals surface area contributed by atoms with Crippen LogP contribution in [-0.2, 0) is 13.5 Å². The summed E-state index contributed by atoms with van der Waals surface area (Å²) in [4.78, 5) is 10.6. The summed E-state index contributed by atoms with van der Waals surface area (Å²) in [7, 11) is 3.84. The molecular weight excluding hydrogens is 269 g/mol. The first-order valence-corrected chi connectivity index (χ1v) is 6.73. The van der Waals surface area contributed by atoms with E-state index in [-0.39, 0.29) is 5.82 Å². The highest BCUT2D eigenvalue weighted by Gasteiger charge is 2.11. The minimum Gasteiger partial charge on any atom is -0.359 e. The molecule has 0 unspecified atom stereocenters. The van der Waals surface area contributed by atoms with E-state index in [4.69, 9.17) is 0 Å². The molecule has 108 valence electrons. The van der Waals surface area contributed by atoms with Crippen molar-refractivity contribution in [3.8, 4) is 0 Å². The number of rotatable bonds is 4. The maximum Gasteiger partial charge on any atom is 0.163 e. The van der Waals surface area contributed by atoms with Gasteiger partial charge in [0.05, 0.1) is 11.6 Å². The van der Waals surface area contributed by atoms with E-state index in [1.165, 1.54) is 12.1 Å². The van der Waals surface area contributed by atoms with Gasteiger partial charge < -0.3 is 4.90 Å². The molecule has 0 fully saturated rings. The molecule has 0 saturated heterocycles. The third kappa shape index (κ3) is 2.69. The van der Waals surface area contributed by atoms with Gasteiger partial charge in [0.1, 0.15) is 18.0 Å². The first-order valence-electron chi connectivity index (χ1n) is 6.73. The van der Waals surface area contributed by atoms with E-state index in [1.54, 1.807) is 17.2 Å². The summed E-state index contributed by atoms with van der Waals surface area (Å²) < 4.78 is 14.6. The fourth-order valence-corrected chi connectivity index (χ4v) is 2.31. The minimum atomic E-state index is -0.208. The van der Waals surface area contributed by atoms with Crippen molar-refractivity contribution in [2.24, 2.45) is 7.05 Å². The second kappa shape index (κ2) is 5.47. The molecule has 0 aliphatic carbocycles. The van der Waals surface area contributed by atoms with Crippen molar-refractivity contribution < 1.29 is 4.39 Å². The summed E-state index contributed by atoms with van der Waals surface area (Å²) >= 11 is 0. The highest BCUT2D eigenvalue weighted by Crippen LogP contribution is 2.21. The topological polar surface area (TPSA) is 46.8 Å². The number of anilines is 1. The van der Waals surface area contributed by atoms with Crippen LogP contribution in [0.25, 0.3) is 11.0 Å². The van der Waals surface area contributed by atoms with Crippen LogP contribution in [0, 0.1) is 5.82 Å². The lowest BCUT2D eigenvalue weighted by atomic mass is 10.1. The smallest absolute Gasteiger partial charge is 0.163 e. The Hall–Kier alpha value is -2.50. The predicted octanol–water partition coefficient (Wildman–Crippen LogP) is 2.18. The Balaban J connectivity index is 1.77. The number of nitrogens with zero attached hydrogens (tertiary/aromatic N) is 5. The van der Waals surface area contributed by atoms with E-state index in [9.17, 15) is 4.39 Å². The zero-order valence-electron chi connectivity index (χ0n) is 12.0. The van der Waals surface area contributed by atoms with Gasteiger partial charge in [-0.1, -0.05) is 12.1 Å². The lowest BCUT2D eigenvalue weighted by molar-refractivity contribution is 0.627. The van der Waals surface area contributed by atoms with Crippen LogP contribution in [-0.4, -0.2) is 33.3 Å². The van der Waals surface area contributed by atoms with Crippen LogP contribution in [0.4, 0.5) is 10.2 Å². The van der Waals surface area contributed by atoms with Crippen LogP contribution in [0.3, 0.4) is 0 Å². The maximum atomic E-state index is 12.9. The van der Waals surface area contributed by atoms with Crippen molar-refractivity contribution in [3.63, 3.8) is 0 Å². The highest BCUT2D eigenvalue weighted by atomic mass is 19.1. The summed E-state index contributed by atoms with van der Waals surface area (Å²) in [6.07, 6.45) is 4.15. The number of likely N-dealkylation sites (N-methyl/N-ethyl adjacent to an activating group) is 1. The van der Waals surface area contributed by atoms with Crippen LogP contribution < -0.4 is 4.90 Å². The van der Waals surface area contributed by atoms with Crippen molar-refractivity contribution in [3.05, 3.63) is 48.2 Å². The predicted molar refractivity (Wildman–Crippen MR) is 79.7 cm³/mol. The monoisotopic (exact) mass is 285 g/mol. The molecule has 0 bridgehead atoms. The van der Waals surface area contributed by atoms with Gasteiger partial charge in [0, 0.05) is 20.6 Å². The average Bonchev–Trinajstić information content (AvgIpc) is 2.88. The third-order valence-corrected chi connectivity index (χ3v) is 3.52. The van der Waals surface area contributed by atoms with Crippen molar-refractivity contribution in [2.75, 3.05) is 18.5 Å². The Kier molecular flexibility index (Phi) is 3.51. The van der Waals surface area contributed by atoms with E-state index < -0.39 is 0 Å². The third-order valence-electron chi connectivity index (χ3n) is 3.52. The fraction of sp³-hybridized carbons (Fsp3) is 0.267. The summed E-state index contributed by atoms with van der Waals surface area (Å²) in [5.41, 5.74) is 1.91. The summed E-state index contributed by atoms with van der Waals surface area (Å²) in [5, 5.41) is 5.14. The molecule has 6 heteroatoms. The normalized spacial score (nSPS) is 11.0. The minimum absolute atomic E-state index is 0.208. The Morgan fingerprint density at radius 2 is 1.95 bits per heavy atom. The highest BCUT2D eigenvalue weighted by molar-refractivity contribution is 5.86. The van der Waals surface area contributed by atoms with E-state index in [2.05, 4.69) is 20.0 Å². The second-order valence-corrected chi connectivity index (χ2v) is 5.00. The van der Waals surface area contributed by atoms with Crippen LogP contribution in [0.5, 0.6) is 0 Å². The average molecular weight is 285 g/mol. The van der Waals surface area contributed by atoms with E-state index in [0.29, 0.717) is 0 Å². The Morgan fingerprint density at radius 3 is 2.71 bits per heavy atom. The van der Waals surface area contributed by atoms with Crippen LogP contribution >= 0.6 is 0 Å². The zero-order valence-corrected chi connectivity index (χ0v) is 12.0. The SMILES string of the molecule is CN(CCc1ccc(F)cc1)c1ncnc2c1cnn2C. The molecule has 2 heterocycles. The number of hydrogen-bond acceptors (Lipinski definition) is 4. The summed E-state index contributed by atoms with van der Waals surface area (Å²) in [5.74, 6) is 0.648. The first-order chi connectivity index (χ1) is 10.1. The number of halogens is 1. The molecule has 0 amide bonds. The van der Waals surface area contributed by atoms with Gasteiger partial charge in [0.25, 0.3) is 0 Å². The van der Waals surface area contributed by atoms with Gasteiger partial charge in [-0.3, -0.25) is 4.68 Å². The molecule has 3 rings (SSSR count). The number of hydrogen-bond donors (Lipinski definition) is 0. The van der Waals surface area contributed by atoms with Crippen LogP contribution in [0.15, 0.2) is 36.8 Å². The van der Waals surface area contributed by atoms with Gasteiger partial charge in [-0.25, -0.2) is 14.4 Å². The quantitative estimate of drug-likeness (QED) is 0.737. The Labute approximate surface area is 122 Å². The lowest BCUT2D eigenvalue weighted by Crippen LogP contribution is -2.21. The lowest BCUT2D eigenvalue weighted by Gasteiger charge is -2.18. The standard InChI is InChI=1S/C15H16FN5/c1-20(8-7-11-3-5-12(16)6-4-11)14-13-9-19-21(2)15(13)18-10-17-14/h3-6,9-10H,7-8H2,1-2H3. The van der Waals surface area contributed by atoms with Gasteiger partial charge in [-0.2, -0.15) is 5.10 Å². The van der Waals surface area contributed by atoms with E-state index in [1.807, 2.05) is 26.2 Å². The van der Waals surface area contributed by atoms with Gasteiger partial charge in [0.15, 0.2) is 5.65 Å². The molecule has 1 aromatic carbocycles. The molecule has 0 atom stereocenters. The number of benzene rings is 1. The van der Waals surface area contributed by atoms with Gasteiger partial charge in [0.2, 0.25) is 0 Å². The fourth-order valence-electron chi connectivity index (χ4n) is 2.31. The molecule has 0 aliphatic rings. The molecule has 5 nitrogen and oxygen atoms in total. The molecule has 21 heavy (non-hydrogen) atoms.